The van der Waals surface area contributed by atoms with Gasteiger partial charge in [-0.25, -0.2) is 0 Å². The molecule has 0 aliphatic heterocycles. The van der Waals surface area contributed by atoms with E-state index in [1.165, 1.54) is 72.3 Å². The third kappa shape index (κ3) is 5.81. The van der Waals surface area contributed by atoms with E-state index in [-0.39, 0.29) is 5.41 Å². The van der Waals surface area contributed by atoms with Gasteiger partial charge in [-0.3, -0.25) is 0 Å². The molecule has 9 aromatic rings. The molecule has 314 valence electrons. The van der Waals surface area contributed by atoms with Gasteiger partial charge in [0.25, 0.3) is 0 Å². The van der Waals surface area contributed by atoms with Crippen molar-refractivity contribution in [1.29, 1.82) is 0 Å². The molecule has 0 bridgehead atoms. The van der Waals surface area contributed by atoms with Gasteiger partial charge in [-0.1, -0.05) is 221 Å². The van der Waals surface area contributed by atoms with E-state index >= 15 is 0 Å². The number of nitrogens with one attached hydrogen (secondary N) is 1. The Balaban J connectivity index is 1.18. The molecular formula is C64H48N2. The Labute approximate surface area is 388 Å². The van der Waals surface area contributed by atoms with Crippen LogP contribution in [0.2, 0.25) is 0 Å². The molecule has 66 heavy (non-hydrogen) atoms. The van der Waals surface area contributed by atoms with E-state index in [1.807, 2.05) is 12.2 Å². The second kappa shape index (κ2) is 15.5. The average Bonchev–Trinajstić information content (AvgIpc) is 3.93. The van der Waals surface area contributed by atoms with Gasteiger partial charge >= 0.3 is 0 Å². The normalized spacial score (nSPS) is 14.2. The molecule has 0 heterocycles. The number of para-hydroxylation sites is 1. The smallest absolute Gasteiger partial charge is 0.0727 e. The molecule has 0 amide bonds. The first kappa shape index (κ1) is 39.4. The van der Waals surface area contributed by atoms with Crippen molar-refractivity contribution < 1.29 is 0 Å². The molecule has 3 aliphatic carbocycles. The van der Waals surface area contributed by atoms with Crippen LogP contribution in [0.3, 0.4) is 0 Å². The maximum Gasteiger partial charge on any atom is 0.0727 e. The first-order chi connectivity index (χ1) is 32.5. The van der Waals surface area contributed by atoms with Crippen molar-refractivity contribution in [3.8, 4) is 44.5 Å². The highest BCUT2D eigenvalue weighted by molar-refractivity contribution is 6.07. The van der Waals surface area contributed by atoms with Gasteiger partial charge in [-0.15, -0.1) is 0 Å². The van der Waals surface area contributed by atoms with Crippen LogP contribution in [0.5, 0.6) is 0 Å². The highest BCUT2D eigenvalue weighted by Gasteiger charge is 2.53. The second-order valence-electron chi connectivity index (χ2n) is 18.1. The van der Waals surface area contributed by atoms with Gasteiger partial charge in [0.15, 0.2) is 0 Å². The molecule has 0 saturated heterocycles. The van der Waals surface area contributed by atoms with Gasteiger partial charge in [0.05, 0.1) is 16.8 Å². The SMILES string of the molecule is C=C/C=C\C=C(/c1ccccc1)N(c1ccc2c(c1)C(C)(C)c1ccccc1-2)c1cccc2c1-c1c(Nc3ccccc3-c3ccccc3)cccc1C21c2ccccc2-c2ccccc21. The molecule has 9 aromatic carbocycles. The quantitative estimate of drug-likeness (QED) is 0.146. The number of allylic oxidation sites excluding steroid dienone is 4. The van der Waals surface area contributed by atoms with E-state index in [4.69, 9.17) is 0 Å². The van der Waals surface area contributed by atoms with Crippen LogP contribution < -0.4 is 10.2 Å². The van der Waals surface area contributed by atoms with Crippen LogP contribution in [0.15, 0.2) is 243 Å². The number of nitrogens with zero attached hydrogens (tertiary/aromatic N) is 1. The summed E-state index contributed by atoms with van der Waals surface area (Å²) in [6.07, 6.45) is 8.22. The Bertz CT molecular complexity index is 3400. The van der Waals surface area contributed by atoms with E-state index in [0.29, 0.717) is 0 Å². The first-order valence-corrected chi connectivity index (χ1v) is 23.0. The fourth-order valence-electron chi connectivity index (χ4n) is 11.5. The summed E-state index contributed by atoms with van der Waals surface area (Å²) in [6.45, 7) is 8.79. The highest BCUT2D eigenvalue weighted by Crippen LogP contribution is 2.66. The highest BCUT2D eigenvalue weighted by atomic mass is 15.2. The van der Waals surface area contributed by atoms with Crippen LogP contribution in [0.4, 0.5) is 22.7 Å². The monoisotopic (exact) mass is 844 g/mol. The number of anilines is 4. The summed E-state index contributed by atoms with van der Waals surface area (Å²) < 4.78 is 0. The third-order valence-electron chi connectivity index (χ3n) is 14.3. The Morgan fingerprint density at radius 3 is 1.68 bits per heavy atom. The lowest BCUT2D eigenvalue weighted by Crippen LogP contribution is -2.26. The van der Waals surface area contributed by atoms with Gasteiger partial charge in [0.2, 0.25) is 0 Å². The third-order valence-corrected chi connectivity index (χ3v) is 14.3. The molecule has 12 rings (SSSR count). The molecule has 0 aromatic heterocycles. The van der Waals surface area contributed by atoms with Gasteiger partial charge in [-0.05, 0) is 103 Å². The molecule has 0 radical (unpaired) electrons. The van der Waals surface area contributed by atoms with E-state index < -0.39 is 5.41 Å². The molecule has 3 aliphatic rings. The van der Waals surface area contributed by atoms with Gasteiger partial charge < -0.3 is 10.2 Å². The number of fused-ring (bicyclic) bond motifs is 13. The molecular weight excluding hydrogens is 797 g/mol. The zero-order valence-electron chi connectivity index (χ0n) is 37.2. The number of hydrogen-bond acceptors (Lipinski definition) is 2. The van der Waals surface area contributed by atoms with Crippen LogP contribution >= 0.6 is 0 Å². The second-order valence-corrected chi connectivity index (χ2v) is 18.1. The van der Waals surface area contributed by atoms with Crippen LogP contribution in [0, 0.1) is 0 Å². The minimum atomic E-state index is -0.572. The first-order valence-electron chi connectivity index (χ1n) is 23.0. The van der Waals surface area contributed by atoms with E-state index in [2.05, 4.69) is 255 Å². The molecule has 2 nitrogen and oxygen atoms in total. The number of benzene rings is 9. The van der Waals surface area contributed by atoms with Crippen molar-refractivity contribution >= 4 is 28.4 Å². The lowest BCUT2D eigenvalue weighted by Gasteiger charge is -2.33. The molecule has 0 unspecified atom stereocenters. The van der Waals surface area contributed by atoms with Gasteiger partial charge in [0, 0.05) is 39.2 Å². The fraction of sp³-hybridized carbons (Fsp3) is 0.0625. The predicted octanol–water partition coefficient (Wildman–Crippen LogP) is 16.7. The summed E-state index contributed by atoms with van der Waals surface area (Å²) >= 11 is 0. The summed E-state index contributed by atoms with van der Waals surface area (Å²) in [5, 5.41) is 4.07. The summed E-state index contributed by atoms with van der Waals surface area (Å²) in [4.78, 5) is 2.52. The predicted molar refractivity (Wildman–Crippen MR) is 278 cm³/mol. The van der Waals surface area contributed by atoms with Gasteiger partial charge in [-0.2, -0.15) is 0 Å². The topological polar surface area (TPSA) is 15.3 Å². The fourth-order valence-corrected chi connectivity index (χ4v) is 11.5. The minimum absolute atomic E-state index is 0.192. The van der Waals surface area contributed by atoms with Crippen molar-refractivity contribution in [2.24, 2.45) is 0 Å². The Morgan fingerprint density at radius 2 is 0.985 bits per heavy atom. The minimum Gasteiger partial charge on any atom is -0.355 e. The standard InChI is InChI=1S/C64H48N2/c1-4-5-8-38-59(44-25-11-7-12-26-44)66(45-40-41-50-47-28-13-17-31-51(47)63(2,3)56(50)42-45)60-39-22-35-55-62(60)61-54(64(55)52-32-18-14-29-48(52)49-30-15-19-33-53(49)64)34-21-37-58(61)65-57-36-20-16-27-46(57)43-23-9-6-10-24-43/h4-42,65H,1H2,2-3H3/b8-5-,59-38+. The van der Waals surface area contributed by atoms with Crippen molar-refractivity contribution in [1.82, 2.24) is 0 Å². The molecule has 1 spiro atoms. The summed E-state index contributed by atoms with van der Waals surface area (Å²) in [7, 11) is 0. The Morgan fingerprint density at radius 1 is 0.455 bits per heavy atom. The van der Waals surface area contributed by atoms with E-state index in [1.54, 1.807) is 0 Å². The average molecular weight is 845 g/mol. The Kier molecular flexibility index (Phi) is 9.26. The number of hydrogen-bond donors (Lipinski definition) is 1. The van der Waals surface area contributed by atoms with Crippen molar-refractivity contribution in [2.75, 3.05) is 10.2 Å². The van der Waals surface area contributed by atoms with E-state index in [0.717, 1.165) is 39.6 Å². The van der Waals surface area contributed by atoms with Crippen molar-refractivity contribution in [2.45, 2.75) is 24.7 Å². The summed E-state index contributed by atoms with van der Waals surface area (Å²) in [6, 6.07) is 78.3. The van der Waals surface area contributed by atoms with Crippen LogP contribution in [0.1, 0.15) is 52.8 Å². The maximum absolute atomic E-state index is 4.07. The van der Waals surface area contributed by atoms with Crippen LogP contribution in [-0.2, 0) is 10.8 Å². The summed E-state index contributed by atoms with van der Waals surface area (Å²) in [5.41, 5.74) is 23.4. The number of rotatable bonds is 9. The molecule has 2 heteroatoms. The van der Waals surface area contributed by atoms with Crippen LogP contribution in [-0.4, -0.2) is 0 Å². The van der Waals surface area contributed by atoms with Crippen molar-refractivity contribution in [3.63, 3.8) is 0 Å². The van der Waals surface area contributed by atoms with E-state index in [9.17, 15) is 0 Å². The lowest BCUT2D eigenvalue weighted by atomic mass is 9.70. The molecule has 0 atom stereocenters. The molecule has 0 saturated carbocycles. The zero-order chi connectivity index (χ0) is 44.4. The molecule has 1 N–H and O–H groups in total. The zero-order valence-corrected chi connectivity index (χ0v) is 37.2. The van der Waals surface area contributed by atoms with Crippen molar-refractivity contribution in [3.05, 3.63) is 282 Å². The van der Waals surface area contributed by atoms with Crippen LogP contribution in [0.25, 0.3) is 50.2 Å². The van der Waals surface area contributed by atoms with Gasteiger partial charge in [0.1, 0.15) is 0 Å². The summed E-state index contributed by atoms with van der Waals surface area (Å²) in [5.74, 6) is 0. The maximum atomic E-state index is 4.07. The largest absolute Gasteiger partial charge is 0.355 e. The Hall–Kier alpha value is -8.20. The lowest BCUT2D eigenvalue weighted by molar-refractivity contribution is 0.660. The molecule has 0 fully saturated rings.